The first-order valence-electron chi connectivity index (χ1n) is 5.28. The minimum absolute atomic E-state index is 0.134. The molecule has 2 rings (SSSR count). The molecule has 0 bridgehead atoms. The van der Waals surface area contributed by atoms with Crippen LogP contribution in [0.1, 0.15) is 23.5 Å². The van der Waals surface area contributed by atoms with Gasteiger partial charge in [0.25, 0.3) is 0 Å². The molecule has 1 heterocycles. The third-order valence-corrected chi connectivity index (χ3v) is 2.72. The van der Waals surface area contributed by atoms with E-state index >= 15 is 0 Å². The molecule has 0 saturated carbocycles. The van der Waals surface area contributed by atoms with E-state index in [1.807, 2.05) is 12.1 Å². The molecule has 2 heteroatoms. The zero-order valence-corrected chi connectivity index (χ0v) is 8.87. The van der Waals surface area contributed by atoms with E-state index in [4.69, 9.17) is 4.74 Å². The van der Waals surface area contributed by atoms with Crippen molar-refractivity contribution in [3.05, 3.63) is 47.3 Å². The lowest BCUT2D eigenvalue weighted by Crippen LogP contribution is -2.04. The van der Waals surface area contributed by atoms with E-state index in [-0.39, 0.29) is 11.7 Å². The van der Waals surface area contributed by atoms with Crippen molar-refractivity contribution in [1.82, 2.24) is 0 Å². The van der Waals surface area contributed by atoms with E-state index in [0.717, 1.165) is 18.6 Å². The molecule has 1 atom stereocenters. The topological polar surface area (TPSA) is 9.23 Å². The quantitative estimate of drug-likeness (QED) is 0.641. The molecule has 80 valence electrons. The largest absolute Gasteiger partial charge is 0.380 e. The van der Waals surface area contributed by atoms with Crippen molar-refractivity contribution < 1.29 is 9.13 Å². The summed E-state index contributed by atoms with van der Waals surface area (Å²) in [5.41, 5.74) is 1.69. The predicted octanol–water partition coefficient (Wildman–Crippen LogP) is 3.19. The highest BCUT2D eigenvalue weighted by molar-refractivity contribution is 5.29. The average molecular weight is 206 g/mol. The maximum Gasteiger partial charge on any atom is 0.126 e. The molecule has 15 heavy (non-hydrogen) atoms. The summed E-state index contributed by atoms with van der Waals surface area (Å²) in [5.74, 6) is 0.0627. The second-order valence-electron chi connectivity index (χ2n) is 3.91. The maximum atomic E-state index is 13.4. The Hall–Kier alpha value is -1.15. The lowest BCUT2D eigenvalue weighted by molar-refractivity contribution is 0.138. The predicted molar refractivity (Wildman–Crippen MR) is 58.5 cm³/mol. The van der Waals surface area contributed by atoms with E-state index in [1.165, 1.54) is 0 Å². The van der Waals surface area contributed by atoms with E-state index in [2.05, 4.69) is 12.2 Å². The molecule has 0 fully saturated rings. The van der Waals surface area contributed by atoms with Gasteiger partial charge in [0.05, 0.1) is 13.2 Å². The van der Waals surface area contributed by atoms with Gasteiger partial charge in [0.2, 0.25) is 0 Å². The number of benzene rings is 1. The highest BCUT2D eigenvalue weighted by atomic mass is 19.1. The molecule has 1 nitrogen and oxygen atoms in total. The molecule has 0 amide bonds. The van der Waals surface area contributed by atoms with Crippen LogP contribution in [0.3, 0.4) is 0 Å². The van der Waals surface area contributed by atoms with Gasteiger partial charge in [-0.3, -0.25) is 0 Å². The summed E-state index contributed by atoms with van der Waals surface area (Å²) in [6.45, 7) is 3.19. The Morgan fingerprint density at radius 3 is 3.07 bits per heavy atom. The van der Waals surface area contributed by atoms with Gasteiger partial charge in [-0.05, 0) is 30.5 Å². The molecule has 1 aliphatic heterocycles. The first-order valence-corrected chi connectivity index (χ1v) is 5.28. The van der Waals surface area contributed by atoms with Crippen molar-refractivity contribution in [3.63, 3.8) is 0 Å². The van der Waals surface area contributed by atoms with Gasteiger partial charge < -0.3 is 4.74 Å². The second-order valence-corrected chi connectivity index (χ2v) is 3.91. The Balaban J connectivity index is 2.24. The zero-order valence-electron chi connectivity index (χ0n) is 8.87. The summed E-state index contributed by atoms with van der Waals surface area (Å²) in [4.78, 5) is 0. The molecular formula is C13H15FO. The Morgan fingerprint density at radius 2 is 2.27 bits per heavy atom. The molecule has 1 aromatic carbocycles. The van der Waals surface area contributed by atoms with Crippen LogP contribution in [0.2, 0.25) is 0 Å². The van der Waals surface area contributed by atoms with Gasteiger partial charge in [0, 0.05) is 5.92 Å². The van der Waals surface area contributed by atoms with Crippen LogP contribution in [-0.2, 0) is 4.74 Å². The number of rotatable bonds is 1. The second kappa shape index (κ2) is 4.58. The standard InChI is InChI=1S/C13H15FO/c1-10-5-6-11(8-13(10)14)12-4-2-3-7-15-9-12/h2,4-6,8,12H,3,7,9H2,1H3. The minimum atomic E-state index is -0.134. The van der Waals surface area contributed by atoms with Crippen molar-refractivity contribution >= 4 is 0 Å². The first-order chi connectivity index (χ1) is 7.27. The van der Waals surface area contributed by atoms with Gasteiger partial charge in [0.1, 0.15) is 5.82 Å². The normalized spacial score (nSPS) is 21.3. The van der Waals surface area contributed by atoms with Crippen LogP contribution >= 0.6 is 0 Å². The summed E-state index contributed by atoms with van der Waals surface area (Å²) in [7, 11) is 0. The Morgan fingerprint density at radius 1 is 1.40 bits per heavy atom. The third kappa shape index (κ3) is 2.45. The van der Waals surface area contributed by atoms with Crippen LogP contribution in [-0.4, -0.2) is 13.2 Å². The lowest BCUT2D eigenvalue weighted by atomic mass is 9.98. The fourth-order valence-electron chi connectivity index (χ4n) is 1.72. The molecule has 0 N–H and O–H groups in total. The Bertz CT molecular complexity index is 371. The molecule has 1 unspecified atom stereocenters. The van der Waals surface area contributed by atoms with Gasteiger partial charge in [-0.2, -0.15) is 0 Å². The van der Waals surface area contributed by atoms with Crippen molar-refractivity contribution in [1.29, 1.82) is 0 Å². The monoisotopic (exact) mass is 206 g/mol. The van der Waals surface area contributed by atoms with E-state index in [9.17, 15) is 4.39 Å². The summed E-state index contributed by atoms with van der Waals surface area (Å²) in [6, 6.07) is 5.41. The highest BCUT2D eigenvalue weighted by Gasteiger charge is 2.11. The first kappa shape index (κ1) is 10.4. The molecule has 1 aliphatic rings. The molecule has 0 aromatic heterocycles. The fourth-order valence-corrected chi connectivity index (χ4v) is 1.72. The third-order valence-electron chi connectivity index (χ3n) is 2.72. The van der Waals surface area contributed by atoms with Crippen LogP contribution in [0.25, 0.3) is 0 Å². The number of hydrogen-bond acceptors (Lipinski definition) is 1. The van der Waals surface area contributed by atoms with Gasteiger partial charge in [-0.15, -0.1) is 0 Å². The molecule has 1 aromatic rings. The van der Waals surface area contributed by atoms with Crippen LogP contribution in [0.5, 0.6) is 0 Å². The van der Waals surface area contributed by atoms with Crippen molar-refractivity contribution in [3.8, 4) is 0 Å². The van der Waals surface area contributed by atoms with Crippen LogP contribution in [0, 0.1) is 12.7 Å². The Labute approximate surface area is 89.6 Å². The van der Waals surface area contributed by atoms with E-state index in [1.54, 1.807) is 13.0 Å². The summed E-state index contributed by atoms with van der Waals surface area (Å²) in [6.07, 6.45) is 5.16. The molecule has 0 spiro atoms. The zero-order chi connectivity index (χ0) is 10.7. The van der Waals surface area contributed by atoms with E-state index < -0.39 is 0 Å². The van der Waals surface area contributed by atoms with E-state index in [0.29, 0.717) is 12.2 Å². The molecule has 0 saturated heterocycles. The number of ether oxygens (including phenoxy) is 1. The van der Waals surface area contributed by atoms with Crippen LogP contribution < -0.4 is 0 Å². The smallest absolute Gasteiger partial charge is 0.126 e. The van der Waals surface area contributed by atoms with Crippen molar-refractivity contribution in [2.45, 2.75) is 19.3 Å². The summed E-state index contributed by atoms with van der Waals surface area (Å²) < 4.78 is 18.8. The molecular weight excluding hydrogens is 191 g/mol. The van der Waals surface area contributed by atoms with Gasteiger partial charge in [-0.1, -0.05) is 24.3 Å². The minimum Gasteiger partial charge on any atom is -0.380 e. The van der Waals surface area contributed by atoms with Gasteiger partial charge in [0.15, 0.2) is 0 Å². The molecule has 0 radical (unpaired) electrons. The summed E-state index contributed by atoms with van der Waals surface area (Å²) >= 11 is 0. The highest BCUT2D eigenvalue weighted by Crippen LogP contribution is 2.22. The van der Waals surface area contributed by atoms with Crippen LogP contribution in [0.4, 0.5) is 4.39 Å². The van der Waals surface area contributed by atoms with Crippen molar-refractivity contribution in [2.75, 3.05) is 13.2 Å². The van der Waals surface area contributed by atoms with Crippen LogP contribution in [0.15, 0.2) is 30.4 Å². The average Bonchev–Trinajstić information content (AvgIpc) is 2.50. The van der Waals surface area contributed by atoms with Crippen molar-refractivity contribution in [2.24, 2.45) is 0 Å². The maximum absolute atomic E-state index is 13.4. The SMILES string of the molecule is Cc1ccc(C2C=CCCOC2)cc1F. The van der Waals surface area contributed by atoms with Gasteiger partial charge >= 0.3 is 0 Å². The number of halogens is 1. The number of hydrogen-bond donors (Lipinski definition) is 0. The van der Waals surface area contributed by atoms with Gasteiger partial charge in [-0.25, -0.2) is 4.39 Å². The Kier molecular flexibility index (Phi) is 3.17. The molecule has 0 aliphatic carbocycles. The number of aryl methyl sites for hydroxylation is 1. The lowest BCUT2D eigenvalue weighted by Gasteiger charge is -2.12. The fraction of sp³-hybridized carbons (Fsp3) is 0.385. The summed E-state index contributed by atoms with van der Waals surface area (Å²) in [5, 5.41) is 0.